The highest BCUT2D eigenvalue weighted by molar-refractivity contribution is 6.30. The van der Waals surface area contributed by atoms with Crippen molar-refractivity contribution in [2.75, 3.05) is 0 Å². The fourth-order valence-corrected chi connectivity index (χ4v) is 3.29. The third-order valence-corrected chi connectivity index (χ3v) is 4.61. The fraction of sp³-hybridized carbons (Fsp3) is 0.143. The summed E-state index contributed by atoms with van der Waals surface area (Å²) in [5, 5.41) is 40.3. The molecule has 0 bridgehead atoms. The summed E-state index contributed by atoms with van der Waals surface area (Å²) in [6.45, 7) is 1.54. The van der Waals surface area contributed by atoms with E-state index in [1.54, 1.807) is 6.92 Å². The fourth-order valence-electron chi connectivity index (χ4n) is 3.29. The lowest BCUT2D eigenvalue weighted by Crippen LogP contribution is -2.22. The maximum atomic E-state index is 12.9. The van der Waals surface area contributed by atoms with Gasteiger partial charge in [0, 0.05) is 23.6 Å². The predicted octanol–water partition coefficient (Wildman–Crippen LogP) is 2.38. The monoisotopic (exact) mass is 396 g/mol. The first-order valence-corrected chi connectivity index (χ1v) is 8.63. The number of carbonyl (C=O) groups excluding carboxylic acids is 3. The molecule has 0 aromatic heterocycles. The minimum Gasteiger partial charge on any atom is -0.507 e. The van der Waals surface area contributed by atoms with Crippen LogP contribution in [0.25, 0.3) is 5.76 Å². The number of hydrogen-bond acceptors (Lipinski definition) is 7. The van der Waals surface area contributed by atoms with Gasteiger partial charge in [0.05, 0.1) is 23.1 Å². The maximum absolute atomic E-state index is 12.9. The van der Waals surface area contributed by atoms with Crippen molar-refractivity contribution in [2.24, 2.45) is 0 Å². The van der Waals surface area contributed by atoms with Crippen molar-refractivity contribution in [3.8, 4) is 11.5 Å². The zero-order chi connectivity index (χ0) is 21.5. The van der Waals surface area contributed by atoms with Crippen LogP contribution in [-0.4, -0.2) is 43.7 Å². The van der Waals surface area contributed by atoms with E-state index in [1.807, 2.05) is 0 Å². The van der Waals surface area contributed by atoms with Crippen LogP contribution < -0.4 is 0 Å². The van der Waals surface area contributed by atoms with Crippen molar-refractivity contribution >= 4 is 29.1 Å². The third kappa shape index (κ3) is 3.25. The van der Waals surface area contributed by atoms with Crippen LogP contribution in [0.1, 0.15) is 56.3 Å². The molecule has 2 aromatic rings. The molecule has 4 N–H and O–H groups in total. The maximum Gasteiger partial charge on any atom is 0.307 e. The summed E-state index contributed by atoms with van der Waals surface area (Å²) >= 11 is 0. The quantitative estimate of drug-likeness (QED) is 0.379. The van der Waals surface area contributed by atoms with Gasteiger partial charge >= 0.3 is 5.97 Å². The summed E-state index contributed by atoms with van der Waals surface area (Å²) in [4.78, 5) is 48.7. The van der Waals surface area contributed by atoms with Crippen LogP contribution in [0.2, 0.25) is 0 Å². The van der Waals surface area contributed by atoms with E-state index >= 15 is 0 Å². The number of benzene rings is 2. The van der Waals surface area contributed by atoms with E-state index in [4.69, 9.17) is 0 Å². The zero-order valence-electron chi connectivity index (χ0n) is 15.2. The van der Waals surface area contributed by atoms with E-state index < -0.39 is 58.1 Å². The molecule has 0 radical (unpaired) electrons. The van der Waals surface area contributed by atoms with Crippen molar-refractivity contribution in [1.29, 1.82) is 0 Å². The van der Waals surface area contributed by atoms with E-state index in [0.717, 1.165) is 12.1 Å². The molecule has 0 unspecified atom stereocenters. The molecule has 0 heterocycles. The van der Waals surface area contributed by atoms with Crippen LogP contribution in [0.3, 0.4) is 0 Å². The number of hydrogen-bond donors (Lipinski definition) is 4. The Morgan fingerprint density at radius 2 is 1.69 bits per heavy atom. The second kappa shape index (κ2) is 7.23. The molecule has 8 nitrogen and oxygen atoms in total. The van der Waals surface area contributed by atoms with Gasteiger partial charge in [0.25, 0.3) is 0 Å². The molecule has 0 atom stereocenters. The Labute approximate surface area is 164 Å². The summed E-state index contributed by atoms with van der Waals surface area (Å²) in [5.41, 5.74) is -1.68. The first-order valence-electron chi connectivity index (χ1n) is 8.63. The lowest BCUT2D eigenvalue weighted by molar-refractivity contribution is -0.136. The molecule has 0 amide bonds. The van der Waals surface area contributed by atoms with Crippen LogP contribution in [0.4, 0.5) is 0 Å². The van der Waals surface area contributed by atoms with Gasteiger partial charge < -0.3 is 20.4 Å². The van der Waals surface area contributed by atoms with Gasteiger partial charge in [-0.3, -0.25) is 19.2 Å². The van der Waals surface area contributed by atoms with Gasteiger partial charge in [-0.15, -0.1) is 0 Å². The summed E-state index contributed by atoms with van der Waals surface area (Å²) in [6.07, 6.45) is 0.179. The van der Waals surface area contributed by atoms with Gasteiger partial charge in [0.2, 0.25) is 5.78 Å². The standard InChI is InChI=1S/C21H16O8/c1-2-10(22)8-14(24)16-9(7-15(25)26)6-12-18(20(16)28)21(29)17-11(19(12)27)4-3-5-13(17)23/h3-6,8,23-24,28H,2,7H2,1H3,(H,25,26)/b14-8-. The molecule has 0 saturated heterocycles. The molecule has 2 aromatic carbocycles. The Kier molecular flexibility index (Phi) is 4.94. The number of phenols is 2. The summed E-state index contributed by atoms with van der Waals surface area (Å²) < 4.78 is 0. The van der Waals surface area contributed by atoms with Crippen molar-refractivity contribution in [2.45, 2.75) is 19.8 Å². The number of aliphatic hydroxyl groups excluding tert-OH is 1. The molecule has 0 aliphatic heterocycles. The molecule has 0 fully saturated rings. The molecule has 148 valence electrons. The summed E-state index contributed by atoms with van der Waals surface area (Å²) in [5.74, 6) is -5.36. The Morgan fingerprint density at radius 1 is 1.00 bits per heavy atom. The smallest absolute Gasteiger partial charge is 0.307 e. The van der Waals surface area contributed by atoms with Gasteiger partial charge in [-0.05, 0) is 17.7 Å². The van der Waals surface area contributed by atoms with E-state index in [2.05, 4.69) is 0 Å². The Balaban J connectivity index is 2.35. The highest BCUT2D eigenvalue weighted by Gasteiger charge is 2.36. The first-order chi connectivity index (χ1) is 13.7. The number of phenolic OH excluding ortho intramolecular Hbond substituents is 2. The number of ketones is 3. The number of aromatic hydroxyl groups is 2. The van der Waals surface area contributed by atoms with E-state index in [-0.39, 0.29) is 28.7 Å². The number of aliphatic carboxylic acids is 1. The first kappa shape index (κ1) is 19.8. The second-order valence-corrected chi connectivity index (χ2v) is 6.46. The lowest BCUT2D eigenvalue weighted by Gasteiger charge is -2.22. The molecule has 0 spiro atoms. The van der Waals surface area contributed by atoms with Crippen LogP contribution >= 0.6 is 0 Å². The van der Waals surface area contributed by atoms with Crippen molar-refractivity contribution < 1.29 is 39.6 Å². The number of aliphatic hydroxyl groups is 1. The number of carbonyl (C=O) groups is 4. The van der Waals surface area contributed by atoms with Crippen LogP contribution in [0.5, 0.6) is 11.5 Å². The van der Waals surface area contributed by atoms with E-state index in [9.17, 15) is 39.6 Å². The Hall–Kier alpha value is -3.94. The van der Waals surface area contributed by atoms with E-state index in [0.29, 0.717) is 0 Å². The van der Waals surface area contributed by atoms with Crippen molar-refractivity contribution in [1.82, 2.24) is 0 Å². The Bertz CT molecular complexity index is 1120. The second-order valence-electron chi connectivity index (χ2n) is 6.46. The molecule has 1 aliphatic carbocycles. The minimum absolute atomic E-state index is 0.0443. The van der Waals surface area contributed by atoms with Crippen LogP contribution in [0.15, 0.2) is 30.3 Å². The van der Waals surface area contributed by atoms with Gasteiger partial charge in [0.1, 0.15) is 17.3 Å². The minimum atomic E-state index is -1.31. The van der Waals surface area contributed by atoms with Crippen LogP contribution in [-0.2, 0) is 16.0 Å². The number of fused-ring (bicyclic) bond motifs is 2. The SMILES string of the molecule is CCC(=O)/C=C(\O)c1c(CC(=O)O)cc2c(c1O)C(=O)c1c(O)cccc1C2=O. The highest BCUT2D eigenvalue weighted by atomic mass is 16.4. The number of carboxylic acids is 1. The number of allylic oxidation sites excluding steroid dienone is 1. The van der Waals surface area contributed by atoms with Gasteiger partial charge in [-0.25, -0.2) is 0 Å². The molecule has 29 heavy (non-hydrogen) atoms. The van der Waals surface area contributed by atoms with Crippen LogP contribution in [0, 0.1) is 0 Å². The number of rotatable bonds is 5. The van der Waals surface area contributed by atoms with Crippen molar-refractivity contribution in [3.05, 3.63) is 63.7 Å². The summed E-state index contributed by atoms with van der Waals surface area (Å²) in [6, 6.07) is 5.02. The normalized spacial score (nSPS) is 13.1. The van der Waals surface area contributed by atoms with E-state index in [1.165, 1.54) is 18.2 Å². The predicted molar refractivity (Wildman–Crippen MR) is 100 cm³/mol. The van der Waals surface area contributed by atoms with Gasteiger partial charge in [-0.2, -0.15) is 0 Å². The number of carboxylic acid groups (broad SMARTS) is 1. The molecule has 1 aliphatic rings. The van der Waals surface area contributed by atoms with Crippen molar-refractivity contribution in [3.63, 3.8) is 0 Å². The molecular weight excluding hydrogens is 380 g/mol. The summed E-state index contributed by atoms with van der Waals surface area (Å²) in [7, 11) is 0. The molecule has 0 saturated carbocycles. The Morgan fingerprint density at radius 3 is 2.31 bits per heavy atom. The van der Waals surface area contributed by atoms with Gasteiger partial charge in [0.15, 0.2) is 11.6 Å². The average molecular weight is 396 g/mol. The lowest BCUT2D eigenvalue weighted by atomic mass is 9.80. The molecule has 3 rings (SSSR count). The average Bonchev–Trinajstić information content (AvgIpc) is 2.64. The van der Waals surface area contributed by atoms with Gasteiger partial charge in [-0.1, -0.05) is 19.1 Å². The zero-order valence-corrected chi connectivity index (χ0v) is 15.2. The highest BCUT2D eigenvalue weighted by Crippen LogP contribution is 2.41. The molecule has 8 heteroatoms. The largest absolute Gasteiger partial charge is 0.507 e. The third-order valence-electron chi connectivity index (χ3n) is 4.61. The molecular formula is C21H16O8. The topological polar surface area (TPSA) is 149 Å².